The third-order valence-corrected chi connectivity index (χ3v) is 2.92. The second kappa shape index (κ2) is 8.76. The van der Waals surface area contributed by atoms with Crippen LogP contribution in [0.3, 0.4) is 0 Å². The van der Waals surface area contributed by atoms with Crippen molar-refractivity contribution in [3.63, 3.8) is 0 Å². The van der Waals surface area contributed by atoms with Gasteiger partial charge in [-0.1, -0.05) is 0 Å². The molecular formula is C16H25ClFN3O. The molecule has 1 rings (SSSR count). The van der Waals surface area contributed by atoms with E-state index in [1.54, 1.807) is 12.1 Å². The lowest BCUT2D eigenvalue weighted by Crippen LogP contribution is -2.40. The van der Waals surface area contributed by atoms with Gasteiger partial charge in [-0.15, -0.1) is 12.4 Å². The Morgan fingerprint density at radius 3 is 2.27 bits per heavy atom. The first-order valence-electron chi connectivity index (χ1n) is 6.88. The van der Waals surface area contributed by atoms with Crippen molar-refractivity contribution in [2.75, 3.05) is 25.0 Å². The number of nitrogens with zero attached hydrogens (tertiary/aromatic N) is 1. The van der Waals surface area contributed by atoms with E-state index in [0.29, 0.717) is 24.0 Å². The highest BCUT2D eigenvalue weighted by Gasteiger charge is 2.15. The molecule has 1 aromatic carbocycles. The normalized spacial score (nSPS) is 11.6. The predicted octanol–water partition coefficient (Wildman–Crippen LogP) is 2.89. The Hall–Kier alpha value is -1.59. The van der Waals surface area contributed by atoms with Crippen molar-refractivity contribution in [3.8, 4) is 0 Å². The molecule has 22 heavy (non-hydrogen) atoms. The first-order chi connectivity index (χ1) is 9.76. The summed E-state index contributed by atoms with van der Waals surface area (Å²) in [5.41, 5.74) is 7.19. The molecule has 0 aromatic heterocycles. The van der Waals surface area contributed by atoms with E-state index in [0.717, 1.165) is 5.69 Å². The average Bonchev–Trinajstić information content (AvgIpc) is 2.42. The number of carbonyl (C=O) groups excluding carboxylic acids is 1. The zero-order chi connectivity index (χ0) is 16.0. The zero-order valence-electron chi connectivity index (χ0n) is 13.5. The number of nitrogens with one attached hydrogen (secondary N) is 1. The minimum absolute atomic E-state index is 0. The molecule has 0 unspecified atom stereocenters. The molecule has 0 saturated heterocycles. The topological polar surface area (TPSA) is 58.4 Å². The largest absolute Gasteiger partial charge is 0.370 e. The second-order valence-electron chi connectivity index (χ2n) is 6.08. The standard InChI is InChI=1S/C16H24FN3O.ClH/c1-16(2,3)19-15(21)13-5-7-14(8-6-13)20(4)11-12(9-17)10-18;/h5-9H,10-11,18H2,1-4H3,(H,19,21);1H/b12-9-;. The van der Waals surface area contributed by atoms with Gasteiger partial charge >= 0.3 is 0 Å². The lowest BCUT2D eigenvalue weighted by molar-refractivity contribution is 0.0919. The SMILES string of the molecule is CN(C/C(=C\F)CN)c1ccc(C(=O)NC(C)(C)C)cc1.Cl. The van der Waals surface area contributed by atoms with Crippen molar-refractivity contribution >= 4 is 24.0 Å². The van der Waals surface area contributed by atoms with Crippen LogP contribution in [-0.4, -0.2) is 31.6 Å². The van der Waals surface area contributed by atoms with Crippen LogP contribution in [0.25, 0.3) is 0 Å². The molecule has 0 heterocycles. The molecule has 3 N–H and O–H groups in total. The Morgan fingerprint density at radius 2 is 1.86 bits per heavy atom. The number of likely N-dealkylation sites (N-methyl/N-ethyl adjacent to an activating group) is 1. The van der Waals surface area contributed by atoms with Crippen molar-refractivity contribution in [1.82, 2.24) is 5.32 Å². The number of carbonyl (C=O) groups is 1. The van der Waals surface area contributed by atoms with Crippen molar-refractivity contribution in [2.24, 2.45) is 5.73 Å². The molecule has 0 spiro atoms. The van der Waals surface area contributed by atoms with Crippen molar-refractivity contribution in [3.05, 3.63) is 41.7 Å². The monoisotopic (exact) mass is 329 g/mol. The molecule has 0 saturated carbocycles. The van der Waals surface area contributed by atoms with Gasteiger partial charge in [0.1, 0.15) is 0 Å². The lowest BCUT2D eigenvalue weighted by Gasteiger charge is -2.22. The van der Waals surface area contributed by atoms with Crippen LogP contribution in [0.5, 0.6) is 0 Å². The summed E-state index contributed by atoms with van der Waals surface area (Å²) >= 11 is 0. The Morgan fingerprint density at radius 1 is 1.32 bits per heavy atom. The molecular weight excluding hydrogens is 305 g/mol. The Balaban J connectivity index is 0.00000441. The van der Waals surface area contributed by atoms with Crippen molar-refractivity contribution in [2.45, 2.75) is 26.3 Å². The van der Waals surface area contributed by atoms with Crippen LogP contribution >= 0.6 is 12.4 Å². The summed E-state index contributed by atoms with van der Waals surface area (Å²) in [6.45, 7) is 6.41. The van der Waals surface area contributed by atoms with Gasteiger partial charge in [0.05, 0.1) is 6.33 Å². The molecule has 124 valence electrons. The molecule has 0 bridgehead atoms. The van der Waals surface area contributed by atoms with E-state index in [9.17, 15) is 9.18 Å². The highest BCUT2D eigenvalue weighted by atomic mass is 35.5. The minimum atomic E-state index is -0.269. The number of rotatable bonds is 5. The highest BCUT2D eigenvalue weighted by molar-refractivity contribution is 5.94. The summed E-state index contributed by atoms with van der Waals surface area (Å²) in [7, 11) is 1.85. The number of hydrogen-bond acceptors (Lipinski definition) is 3. The Kier molecular flexibility index (Phi) is 8.12. The molecule has 0 aliphatic heterocycles. The lowest BCUT2D eigenvalue weighted by atomic mass is 10.1. The number of halogens is 2. The van der Waals surface area contributed by atoms with E-state index in [1.807, 2.05) is 44.9 Å². The summed E-state index contributed by atoms with van der Waals surface area (Å²) in [5, 5.41) is 2.91. The van der Waals surface area contributed by atoms with E-state index >= 15 is 0 Å². The molecule has 0 aliphatic rings. The predicted molar refractivity (Wildman–Crippen MR) is 92.4 cm³/mol. The van der Waals surface area contributed by atoms with Crippen LogP contribution in [0, 0.1) is 0 Å². The maximum absolute atomic E-state index is 12.5. The smallest absolute Gasteiger partial charge is 0.251 e. The van der Waals surface area contributed by atoms with Gasteiger partial charge in [-0.3, -0.25) is 4.79 Å². The van der Waals surface area contributed by atoms with E-state index in [1.165, 1.54) is 0 Å². The van der Waals surface area contributed by atoms with E-state index in [-0.39, 0.29) is 30.4 Å². The Labute approximate surface area is 138 Å². The van der Waals surface area contributed by atoms with Crippen LogP contribution in [0.15, 0.2) is 36.2 Å². The fraction of sp³-hybridized carbons (Fsp3) is 0.438. The van der Waals surface area contributed by atoms with Gasteiger partial charge in [-0.05, 0) is 50.6 Å². The number of amides is 1. The minimum Gasteiger partial charge on any atom is -0.370 e. The number of nitrogens with two attached hydrogens (primary N) is 1. The van der Waals surface area contributed by atoms with Crippen molar-refractivity contribution < 1.29 is 9.18 Å². The molecule has 4 nitrogen and oxygen atoms in total. The number of anilines is 1. The van der Waals surface area contributed by atoms with Crippen LogP contribution < -0.4 is 16.0 Å². The van der Waals surface area contributed by atoms with Crippen molar-refractivity contribution in [1.29, 1.82) is 0 Å². The summed E-state index contributed by atoms with van der Waals surface area (Å²) in [4.78, 5) is 13.9. The summed E-state index contributed by atoms with van der Waals surface area (Å²) in [6.07, 6.45) is 0.543. The first-order valence-corrected chi connectivity index (χ1v) is 6.88. The van der Waals surface area contributed by atoms with Gasteiger partial charge in [0.2, 0.25) is 0 Å². The average molecular weight is 330 g/mol. The number of hydrogen-bond donors (Lipinski definition) is 2. The second-order valence-corrected chi connectivity index (χ2v) is 6.08. The van der Waals surface area contributed by atoms with E-state index < -0.39 is 0 Å². The van der Waals surface area contributed by atoms with Gasteiger partial charge < -0.3 is 16.0 Å². The fourth-order valence-corrected chi connectivity index (χ4v) is 1.82. The van der Waals surface area contributed by atoms with E-state index in [4.69, 9.17) is 5.73 Å². The van der Waals surface area contributed by atoms with Gasteiger partial charge in [0, 0.05) is 36.9 Å². The van der Waals surface area contributed by atoms with Gasteiger partial charge in [-0.2, -0.15) is 0 Å². The Bertz CT molecular complexity index is 509. The van der Waals surface area contributed by atoms with Crippen LogP contribution in [0.1, 0.15) is 31.1 Å². The van der Waals surface area contributed by atoms with Crippen LogP contribution in [-0.2, 0) is 0 Å². The molecule has 0 fully saturated rings. The highest BCUT2D eigenvalue weighted by Crippen LogP contribution is 2.15. The molecule has 0 aliphatic carbocycles. The molecule has 0 radical (unpaired) electrons. The molecule has 1 aromatic rings. The number of benzene rings is 1. The third kappa shape index (κ3) is 6.45. The quantitative estimate of drug-likeness (QED) is 0.873. The molecule has 6 heteroatoms. The van der Waals surface area contributed by atoms with Gasteiger partial charge in [-0.25, -0.2) is 4.39 Å². The van der Waals surface area contributed by atoms with Crippen LogP contribution in [0.4, 0.5) is 10.1 Å². The van der Waals surface area contributed by atoms with Gasteiger partial charge in [0.15, 0.2) is 0 Å². The van der Waals surface area contributed by atoms with Crippen LogP contribution in [0.2, 0.25) is 0 Å². The van der Waals surface area contributed by atoms with Gasteiger partial charge in [0.25, 0.3) is 5.91 Å². The molecule has 1 amide bonds. The summed E-state index contributed by atoms with van der Waals surface area (Å²) < 4.78 is 12.5. The summed E-state index contributed by atoms with van der Waals surface area (Å²) in [5.74, 6) is -0.108. The maximum Gasteiger partial charge on any atom is 0.251 e. The first kappa shape index (κ1) is 20.4. The summed E-state index contributed by atoms with van der Waals surface area (Å²) in [6, 6.07) is 7.19. The van der Waals surface area contributed by atoms with E-state index in [2.05, 4.69) is 5.32 Å². The maximum atomic E-state index is 12.5. The molecule has 0 atom stereocenters. The third-order valence-electron chi connectivity index (χ3n) is 2.92. The fourth-order valence-electron chi connectivity index (χ4n) is 1.82. The zero-order valence-corrected chi connectivity index (χ0v) is 14.3.